The number of carbonyl (C=O) groups is 1. The molecule has 0 fully saturated rings. The number of ether oxygens (including phenoxy) is 1. The Morgan fingerprint density at radius 3 is 2.83 bits per heavy atom. The molecule has 0 saturated carbocycles. The molecule has 0 N–H and O–H groups in total. The van der Waals surface area contributed by atoms with Crippen molar-refractivity contribution >= 4 is 17.0 Å². The highest BCUT2D eigenvalue weighted by atomic mass is 16.5. The van der Waals surface area contributed by atoms with Gasteiger partial charge >= 0.3 is 5.97 Å². The molecule has 2 aromatic heterocycles. The van der Waals surface area contributed by atoms with Crippen LogP contribution < -0.4 is 0 Å². The van der Waals surface area contributed by atoms with E-state index in [0.29, 0.717) is 24.0 Å². The van der Waals surface area contributed by atoms with E-state index in [1.165, 1.54) is 0 Å². The van der Waals surface area contributed by atoms with Crippen molar-refractivity contribution in [2.75, 3.05) is 6.61 Å². The lowest BCUT2D eigenvalue weighted by atomic mass is 9.85. The van der Waals surface area contributed by atoms with E-state index in [-0.39, 0.29) is 5.97 Å². The number of rotatable bonds is 3. The molecule has 0 saturated heterocycles. The van der Waals surface area contributed by atoms with E-state index in [1.54, 1.807) is 10.7 Å². The second-order valence-corrected chi connectivity index (χ2v) is 6.50. The Hall–Kier alpha value is -2.17. The van der Waals surface area contributed by atoms with Gasteiger partial charge in [-0.3, -0.25) is 4.68 Å². The number of aryl methyl sites for hydroxylation is 3. The van der Waals surface area contributed by atoms with Gasteiger partial charge in [-0.05, 0) is 44.6 Å². The second kappa shape index (κ2) is 6.14. The summed E-state index contributed by atoms with van der Waals surface area (Å²) >= 11 is 0. The Morgan fingerprint density at radius 2 is 2.09 bits per heavy atom. The zero-order valence-electron chi connectivity index (χ0n) is 14.2. The van der Waals surface area contributed by atoms with Crippen molar-refractivity contribution in [2.45, 2.75) is 33.6 Å². The van der Waals surface area contributed by atoms with E-state index in [1.807, 2.05) is 20.9 Å². The van der Waals surface area contributed by atoms with Crippen molar-refractivity contribution in [1.29, 1.82) is 0 Å². The Kier molecular flexibility index (Phi) is 4.20. The fourth-order valence-electron chi connectivity index (χ4n) is 3.23. The molecule has 0 aliphatic heterocycles. The Balaban J connectivity index is 1.85. The standard InChI is InChI=1S/C18H23N3O2/c1-11-7-5-6-8-14(11)10-23-18(22)15-9-12(2)19-17-16(15)13(3)20-21(17)4/h5-6,9,11,14H,7-8,10H2,1-4H3. The van der Waals surface area contributed by atoms with Gasteiger partial charge in [-0.25, -0.2) is 9.78 Å². The summed E-state index contributed by atoms with van der Waals surface area (Å²) in [6.45, 7) is 6.45. The van der Waals surface area contributed by atoms with Crippen LogP contribution in [0, 0.1) is 25.7 Å². The van der Waals surface area contributed by atoms with Crippen molar-refractivity contribution < 1.29 is 9.53 Å². The molecule has 0 radical (unpaired) electrons. The third-order valence-electron chi connectivity index (χ3n) is 4.66. The number of hydrogen-bond acceptors (Lipinski definition) is 4. The normalized spacial score (nSPS) is 20.9. The minimum Gasteiger partial charge on any atom is -0.462 e. The average Bonchev–Trinajstić information content (AvgIpc) is 2.80. The second-order valence-electron chi connectivity index (χ2n) is 6.50. The predicted molar refractivity (Wildman–Crippen MR) is 89.3 cm³/mol. The maximum Gasteiger partial charge on any atom is 0.339 e. The van der Waals surface area contributed by atoms with Crippen molar-refractivity contribution in [3.8, 4) is 0 Å². The maximum absolute atomic E-state index is 12.6. The summed E-state index contributed by atoms with van der Waals surface area (Å²) in [5.41, 5.74) is 2.89. The summed E-state index contributed by atoms with van der Waals surface area (Å²) < 4.78 is 7.34. The third-order valence-corrected chi connectivity index (χ3v) is 4.66. The lowest BCUT2D eigenvalue weighted by Crippen LogP contribution is -2.22. The molecule has 122 valence electrons. The minimum absolute atomic E-state index is 0.279. The first-order valence-electron chi connectivity index (χ1n) is 8.10. The SMILES string of the molecule is Cc1cc(C(=O)OCC2CC=CCC2C)c2c(C)nn(C)c2n1. The van der Waals surface area contributed by atoms with Gasteiger partial charge in [0.15, 0.2) is 5.65 Å². The molecule has 0 bridgehead atoms. The number of hydrogen-bond donors (Lipinski definition) is 0. The summed E-state index contributed by atoms with van der Waals surface area (Å²) in [6.07, 6.45) is 6.42. The van der Waals surface area contributed by atoms with E-state index in [0.717, 1.165) is 35.3 Å². The molecule has 2 aromatic rings. The van der Waals surface area contributed by atoms with Crippen LogP contribution in [0.25, 0.3) is 11.0 Å². The van der Waals surface area contributed by atoms with Gasteiger partial charge in [0, 0.05) is 12.7 Å². The van der Waals surface area contributed by atoms with Gasteiger partial charge in [0.1, 0.15) is 0 Å². The quantitative estimate of drug-likeness (QED) is 0.644. The van der Waals surface area contributed by atoms with Crippen molar-refractivity contribution in [3.63, 3.8) is 0 Å². The van der Waals surface area contributed by atoms with E-state index in [2.05, 4.69) is 29.2 Å². The smallest absolute Gasteiger partial charge is 0.339 e. The van der Waals surface area contributed by atoms with Crippen molar-refractivity contribution in [1.82, 2.24) is 14.8 Å². The summed E-state index contributed by atoms with van der Waals surface area (Å²) in [5, 5.41) is 5.17. The first-order valence-corrected chi connectivity index (χ1v) is 8.10. The predicted octanol–water partition coefficient (Wildman–Crippen LogP) is 3.34. The maximum atomic E-state index is 12.6. The zero-order valence-corrected chi connectivity index (χ0v) is 14.2. The molecule has 2 unspecified atom stereocenters. The van der Waals surface area contributed by atoms with Gasteiger partial charge in [-0.15, -0.1) is 0 Å². The van der Waals surface area contributed by atoms with E-state index in [9.17, 15) is 4.79 Å². The molecule has 1 aliphatic rings. The van der Waals surface area contributed by atoms with Gasteiger partial charge in [-0.1, -0.05) is 19.1 Å². The molecular formula is C18H23N3O2. The zero-order chi connectivity index (χ0) is 16.6. The summed E-state index contributed by atoms with van der Waals surface area (Å²) in [7, 11) is 1.84. The number of fused-ring (bicyclic) bond motifs is 1. The lowest BCUT2D eigenvalue weighted by Gasteiger charge is -2.24. The van der Waals surface area contributed by atoms with Crippen molar-refractivity contribution in [2.24, 2.45) is 18.9 Å². The molecule has 3 rings (SSSR count). The first kappa shape index (κ1) is 15.7. The average molecular weight is 313 g/mol. The summed E-state index contributed by atoms with van der Waals surface area (Å²) in [4.78, 5) is 17.1. The van der Waals surface area contributed by atoms with Crippen LogP contribution in [0.3, 0.4) is 0 Å². The number of carbonyl (C=O) groups excluding carboxylic acids is 1. The number of pyridine rings is 1. The molecule has 0 aromatic carbocycles. The van der Waals surface area contributed by atoms with Gasteiger partial charge in [0.25, 0.3) is 0 Å². The van der Waals surface area contributed by atoms with E-state index in [4.69, 9.17) is 4.74 Å². The molecular weight excluding hydrogens is 290 g/mol. The molecule has 5 heteroatoms. The molecule has 5 nitrogen and oxygen atoms in total. The van der Waals surface area contributed by atoms with Gasteiger partial charge in [0.2, 0.25) is 0 Å². The highest BCUT2D eigenvalue weighted by Crippen LogP contribution is 2.26. The van der Waals surface area contributed by atoms with Crippen molar-refractivity contribution in [3.05, 3.63) is 35.2 Å². The Labute approximate surface area is 136 Å². The largest absolute Gasteiger partial charge is 0.462 e. The fraction of sp³-hybridized carbons (Fsp3) is 0.500. The van der Waals surface area contributed by atoms with Crippen LogP contribution in [-0.2, 0) is 11.8 Å². The summed E-state index contributed by atoms with van der Waals surface area (Å²) in [6, 6.07) is 1.80. The first-order chi connectivity index (χ1) is 11.0. The molecule has 2 heterocycles. The highest BCUT2D eigenvalue weighted by Gasteiger charge is 2.23. The monoisotopic (exact) mass is 313 g/mol. The van der Waals surface area contributed by atoms with E-state index >= 15 is 0 Å². The lowest BCUT2D eigenvalue weighted by molar-refractivity contribution is 0.0397. The number of esters is 1. The van der Waals surface area contributed by atoms with Gasteiger partial charge in [-0.2, -0.15) is 5.10 Å². The van der Waals surface area contributed by atoms with Crippen LogP contribution >= 0.6 is 0 Å². The van der Waals surface area contributed by atoms with Crippen LogP contribution in [0.1, 0.15) is 41.5 Å². The van der Waals surface area contributed by atoms with Crippen LogP contribution in [0.4, 0.5) is 0 Å². The van der Waals surface area contributed by atoms with Crippen LogP contribution in [0.5, 0.6) is 0 Å². The minimum atomic E-state index is -0.279. The molecule has 1 aliphatic carbocycles. The van der Waals surface area contributed by atoms with Gasteiger partial charge < -0.3 is 4.74 Å². The molecule has 0 spiro atoms. The Morgan fingerprint density at radius 1 is 1.35 bits per heavy atom. The van der Waals surface area contributed by atoms with Crippen LogP contribution in [-0.4, -0.2) is 27.3 Å². The highest BCUT2D eigenvalue weighted by molar-refractivity contribution is 6.03. The fourth-order valence-corrected chi connectivity index (χ4v) is 3.23. The topological polar surface area (TPSA) is 57.0 Å². The van der Waals surface area contributed by atoms with E-state index < -0.39 is 0 Å². The van der Waals surface area contributed by atoms with Crippen LogP contribution in [0.2, 0.25) is 0 Å². The number of allylic oxidation sites excluding steroid dienone is 2. The number of aromatic nitrogens is 3. The van der Waals surface area contributed by atoms with Crippen LogP contribution in [0.15, 0.2) is 18.2 Å². The number of nitrogens with zero attached hydrogens (tertiary/aromatic N) is 3. The Bertz CT molecular complexity index is 776. The third kappa shape index (κ3) is 3.00. The summed E-state index contributed by atoms with van der Waals surface area (Å²) in [5.74, 6) is 0.669. The molecule has 0 amide bonds. The molecule has 23 heavy (non-hydrogen) atoms. The molecule has 2 atom stereocenters. The van der Waals surface area contributed by atoms with Gasteiger partial charge in [0.05, 0.1) is 23.3 Å².